The van der Waals surface area contributed by atoms with Crippen molar-refractivity contribution in [3.05, 3.63) is 194 Å². The molecule has 13 aromatic rings. The van der Waals surface area contributed by atoms with Gasteiger partial charge in [0, 0.05) is 48.8 Å². The van der Waals surface area contributed by atoms with Crippen molar-refractivity contribution in [1.82, 2.24) is 9.13 Å². The van der Waals surface area contributed by atoms with Gasteiger partial charge in [-0.1, -0.05) is 127 Å². The maximum atomic E-state index is 6.66. The predicted octanol–water partition coefficient (Wildman–Crippen LogP) is 15.0. The first-order valence-corrected chi connectivity index (χ1v) is 19.8. The van der Waals surface area contributed by atoms with Crippen molar-refractivity contribution in [2.75, 3.05) is 0 Å². The molecule has 0 N–H and O–H groups in total. The van der Waals surface area contributed by atoms with E-state index in [1.165, 1.54) is 38.2 Å². The zero-order valence-electron chi connectivity index (χ0n) is 31.2. The molecule has 0 spiro atoms. The SMILES string of the molecule is c1ccc(-c2cc3c4ccccc4n(-c4cccc5c4oc4ccccc45)c3cc2-c2ccc3c4ccccc4n(-c4ccc5oc6ccccc6c5c4)c3c2)cc1. The molecule has 0 radical (unpaired) electrons. The second kappa shape index (κ2) is 11.8. The van der Waals surface area contributed by atoms with Crippen LogP contribution in [0.25, 0.3) is 121 Å². The van der Waals surface area contributed by atoms with Gasteiger partial charge < -0.3 is 18.0 Å². The quantitative estimate of drug-likeness (QED) is 0.180. The topological polar surface area (TPSA) is 36.1 Å². The maximum absolute atomic E-state index is 6.66. The van der Waals surface area contributed by atoms with E-state index in [1.807, 2.05) is 18.2 Å². The molecule has 13 rings (SSSR count). The molecular formula is C54H32N2O2. The van der Waals surface area contributed by atoms with Crippen LogP contribution in [0.15, 0.2) is 203 Å². The Morgan fingerprint density at radius 3 is 1.69 bits per heavy atom. The molecule has 0 atom stereocenters. The maximum Gasteiger partial charge on any atom is 0.159 e. The van der Waals surface area contributed by atoms with E-state index in [0.717, 1.165) is 82.9 Å². The van der Waals surface area contributed by atoms with Gasteiger partial charge in [-0.2, -0.15) is 0 Å². The van der Waals surface area contributed by atoms with Crippen molar-refractivity contribution < 1.29 is 8.83 Å². The van der Waals surface area contributed by atoms with E-state index in [2.05, 4.69) is 185 Å². The van der Waals surface area contributed by atoms with Crippen molar-refractivity contribution >= 4 is 87.5 Å². The lowest BCUT2D eigenvalue weighted by Crippen LogP contribution is -1.96. The lowest BCUT2D eigenvalue weighted by Gasteiger charge is -2.15. The first kappa shape index (κ1) is 31.4. The summed E-state index contributed by atoms with van der Waals surface area (Å²) < 4.78 is 17.7. The fourth-order valence-electron chi connectivity index (χ4n) is 9.55. The number of nitrogens with zero attached hydrogens (tertiary/aromatic N) is 2. The average molecular weight is 741 g/mol. The van der Waals surface area contributed by atoms with Gasteiger partial charge in [-0.05, 0) is 89.0 Å². The summed E-state index contributed by atoms with van der Waals surface area (Å²) in [6, 6.07) is 69.7. The molecule has 0 fully saturated rings. The number of benzene rings is 9. The molecule has 0 saturated heterocycles. The van der Waals surface area contributed by atoms with Crippen LogP contribution in [0.2, 0.25) is 0 Å². The fraction of sp³-hybridized carbons (Fsp3) is 0. The largest absolute Gasteiger partial charge is 0.456 e. The van der Waals surface area contributed by atoms with E-state index >= 15 is 0 Å². The summed E-state index contributed by atoms with van der Waals surface area (Å²) in [5.74, 6) is 0. The Morgan fingerprint density at radius 2 is 0.879 bits per heavy atom. The first-order valence-electron chi connectivity index (χ1n) is 19.8. The summed E-state index contributed by atoms with van der Waals surface area (Å²) >= 11 is 0. The standard InChI is InChI=1S/C54H32N2O2/c1-2-13-33(14-3-1)42-31-44-37-16-5-9-21-47(37)56(48-22-12-19-41-39-17-6-11-24-52(39)58-54(41)48)50(44)32-43(42)34-25-27-38-36-15-4-8-20-46(36)55(49(38)29-34)35-26-28-53-45(30-35)40-18-7-10-23-51(40)57-53/h1-32H. The van der Waals surface area contributed by atoms with Gasteiger partial charge in [-0.15, -0.1) is 0 Å². The van der Waals surface area contributed by atoms with Crippen molar-refractivity contribution in [2.45, 2.75) is 0 Å². The monoisotopic (exact) mass is 740 g/mol. The molecular weight excluding hydrogens is 709 g/mol. The molecule has 4 nitrogen and oxygen atoms in total. The van der Waals surface area contributed by atoms with Crippen molar-refractivity contribution in [2.24, 2.45) is 0 Å². The highest BCUT2D eigenvalue weighted by Crippen LogP contribution is 2.44. The summed E-state index contributed by atoms with van der Waals surface area (Å²) in [7, 11) is 0. The van der Waals surface area contributed by atoms with Gasteiger partial charge in [0.1, 0.15) is 16.7 Å². The van der Waals surface area contributed by atoms with Gasteiger partial charge in [0.25, 0.3) is 0 Å². The molecule has 270 valence electrons. The van der Waals surface area contributed by atoms with E-state index < -0.39 is 0 Å². The van der Waals surface area contributed by atoms with Gasteiger partial charge >= 0.3 is 0 Å². The number of fused-ring (bicyclic) bond motifs is 12. The smallest absolute Gasteiger partial charge is 0.159 e. The van der Waals surface area contributed by atoms with Crippen LogP contribution in [0, 0.1) is 0 Å². The lowest BCUT2D eigenvalue weighted by atomic mass is 9.92. The van der Waals surface area contributed by atoms with Crippen molar-refractivity contribution in [3.8, 4) is 33.6 Å². The third-order valence-electron chi connectivity index (χ3n) is 12.1. The van der Waals surface area contributed by atoms with Crippen molar-refractivity contribution in [3.63, 3.8) is 0 Å². The molecule has 58 heavy (non-hydrogen) atoms. The summed E-state index contributed by atoms with van der Waals surface area (Å²) in [6.07, 6.45) is 0. The summed E-state index contributed by atoms with van der Waals surface area (Å²) in [6.45, 7) is 0. The predicted molar refractivity (Wildman–Crippen MR) is 241 cm³/mol. The zero-order chi connectivity index (χ0) is 37.9. The number of aromatic nitrogens is 2. The minimum absolute atomic E-state index is 0.883. The van der Waals surface area contributed by atoms with Gasteiger partial charge in [0.15, 0.2) is 5.58 Å². The summed E-state index contributed by atoms with van der Waals surface area (Å²) in [5.41, 5.74) is 14.9. The van der Waals surface area contributed by atoms with E-state index in [9.17, 15) is 0 Å². The lowest BCUT2D eigenvalue weighted by molar-refractivity contribution is 0.666. The molecule has 9 aromatic carbocycles. The third-order valence-corrected chi connectivity index (χ3v) is 12.1. The highest BCUT2D eigenvalue weighted by molar-refractivity contribution is 6.16. The number of furan rings is 2. The van der Waals surface area contributed by atoms with Crippen molar-refractivity contribution in [1.29, 1.82) is 0 Å². The highest BCUT2D eigenvalue weighted by atomic mass is 16.3. The van der Waals surface area contributed by atoms with Crippen LogP contribution in [0.5, 0.6) is 0 Å². The average Bonchev–Trinajstić information content (AvgIpc) is 4.03. The third kappa shape index (κ3) is 4.40. The van der Waals surface area contributed by atoms with Gasteiger partial charge in [0.05, 0.1) is 27.8 Å². The van der Waals surface area contributed by atoms with Gasteiger partial charge in [-0.3, -0.25) is 0 Å². The number of hydrogen-bond donors (Lipinski definition) is 0. The summed E-state index contributed by atoms with van der Waals surface area (Å²) in [5, 5.41) is 9.29. The van der Waals surface area contributed by atoms with Crippen LogP contribution in [0.1, 0.15) is 0 Å². The minimum Gasteiger partial charge on any atom is -0.456 e. The molecule has 4 heteroatoms. The molecule has 0 amide bonds. The van der Waals surface area contributed by atoms with E-state index in [0.29, 0.717) is 0 Å². The molecule has 0 bridgehead atoms. The van der Waals surface area contributed by atoms with Gasteiger partial charge in [-0.25, -0.2) is 0 Å². The van der Waals surface area contributed by atoms with E-state index in [4.69, 9.17) is 8.83 Å². The molecule has 4 heterocycles. The van der Waals surface area contributed by atoms with E-state index in [1.54, 1.807) is 0 Å². The molecule has 0 aliphatic rings. The Bertz CT molecular complexity index is 3800. The second-order valence-corrected chi connectivity index (χ2v) is 15.2. The molecule has 0 aliphatic carbocycles. The molecule has 0 aliphatic heterocycles. The van der Waals surface area contributed by atoms with E-state index in [-0.39, 0.29) is 0 Å². The Kier molecular flexibility index (Phi) is 6.41. The van der Waals surface area contributed by atoms with Gasteiger partial charge in [0.2, 0.25) is 0 Å². The summed E-state index contributed by atoms with van der Waals surface area (Å²) in [4.78, 5) is 0. The molecule has 0 unspecified atom stereocenters. The zero-order valence-corrected chi connectivity index (χ0v) is 31.2. The number of rotatable bonds is 4. The Morgan fingerprint density at radius 1 is 0.293 bits per heavy atom. The Hall–Kier alpha value is -7.82. The Balaban J connectivity index is 1.11. The number of hydrogen-bond acceptors (Lipinski definition) is 2. The van der Waals surface area contributed by atoms with Crippen LogP contribution in [0.3, 0.4) is 0 Å². The normalized spacial score (nSPS) is 12.1. The Labute approximate surface area is 332 Å². The minimum atomic E-state index is 0.883. The van der Waals surface area contributed by atoms with Crippen LogP contribution in [0.4, 0.5) is 0 Å². The highest BCUT2D eigenvalue weighted by Gasteiger charge is 2.22. The molecule has 0 saturated carbocycles. The van der Waals surface area contributed by atoms with Crippen LogP contribution < -0.4 is 0 Å². The van der Waals surface area contributed by atoms with Crippen LogP contribution in [-0.4, -0.2) is 9.13 Å². The fourth-order valence-corrected chi connectivity index (χ4v) is 9.55. The molecule has 4 aromatic heterocycles. The van der Waals surface area contributed by atoms with Crippen LogP contribution in [-0.2, 0) is 0 Å². The van der Waals surface area contributed by atoms with Crippen LogP contribution >= 0.6 is 0 Å². The first-order chi connectivity index (χ1) is 28.8. The second-order valence-electron chi connectivity index (χ2n) is 15.2. The number of para-hydroxylation sites is 5.